The highest BCUT2D eigenvalue weighted by atomic mass is 32.2. The summed E-state index contributed by atoms with van der Waals surface area (Å²) >= 11 is 0. The Hall–Kier alpha value is -3.14. The summed E-state index contributed by atoms with van der Waals surface area (Å²) < 4.78 is 57.8. The molecule has 2 aromatic carbocycles. The molecule has 7 nitrogen and oxygen atoms in total. The number of carbonyl (C=O) groups excluding carboxylic acids is 2. The van der Waals surface area contributed by atoms with Crippen LogP contribution >= 0.6 is 0 Å². The smallest absolute Gasteiger partial charge is 0.331 e. The van der Waals surface area contributed by atoms with Gasteiger partial charge < -0.3 is 4.74 Å². The second kappa shape index (κ2) is 7.47. The van der Waals surface area contributed by atoms with Gasteiger partial charge in [-0.25, -0.2) is 22.0 Å². The van der Waals surface area contributed by atoms with Crippen molar-refractivity contribution in [2.45, 2.75) is 17.9 Å². The number of aliphatic imine (C=N–C) groups is 1. The molecule has 10 heteroatoms. The number of hydrogen-bond donors (Lipinski definition) is 1. The normalized spacial score (nSPS) is 16.9. The van der Waals surface area contributed by atoms with Gasteiger partial charge >= 0.3 is 5.97 Å². The van der Waals surface area contributed by atoms with E-state index in [1.54, 1.807) is 12.1 Å². The molecule has 146 valence electrons. The fraction of sp³-hybridized carbons (Fsp3) is 0.167. The van der Waals surface area contributed by atoms with E-state index in [0.717, 1.165) is 12.1 Å². The first-order chi connectivity index (χ1) is 13.2. The molecule has 0 saturated carbocycles. The van der Waals surface area contributed by atoms with Gasteiger partial charge in [-0.05, 0) is 37.3 Å². The molecular weight excluding hydrogens is 394 g/mol. The van der Waals surface area contributed by atoms with Gasteiger partial charge in [0, 0.05) is 5.56 Å². The largest absolute Gasteiger partial charge is 0.456 e. The molecule has 0 saturated heterocycles. The van der Waals surface area contributed by atoms with Gasteiger partial charge in [-0.3, -0.25) is 14.5 Å². The average molecular weight is 408 g/mol. The van der Waals surface area contributed by atoms with Gasteiger partial charge in [-0.2, -0.15) is 0 Å². The van der Waals surface area contributed by atoms with Gasteiger partial charge in [0.2, 0.25) is 5.78 Å². The number of rotatable bonds is 5. The van der Waals surface area contributed by atoms with Gasteiger partial charge in [-0.15, -0.1) is 0 Å². The van der Waals surface area contributed by atoms with E-state index in [1.165, 1.54) is 19.1 Å². The van der Waals surface area contributed by atoms with Gasteiger partial charge in [0.1, 0.15) is 23.5 Å². The number of ether oxygens (including phenoxy) is 1. The maximum Gasteiger partial charge on any atom is 0.331 e. The van der Waals surface area contributed by atoms with E-state index in [1.807, 2.05) is 0 Å². The number of benzene rings is 2. The van der Waals surface area contributed by atoms with Crippen molar-refractivity contribution in [3.8, 4) is 0 Å². The number of Topliss-reactive ketones (excluding diaryl/α,β-unsaturated/α-hetero) is 1. The molecule has 2 aromatic rings. The van der Waals surface area contributed by atoms with Crippen molar-refractivity contribution in [1.29, 1.82) is 0 Å². The van der Waals surface area contributed by atoms with E-state index in [2.05, 4.69) is 9.71 Å². The minimum absolute atomic E-state index is 0.0254. The van der Waals surface area contributed by atoms with E-state index < -0.39 is 51.6 Å². The first kappa shape index (κ1) is 19.6. The van der Waals surface area contributed by atoms with Crippen molar-refractivity contribution in [1.82, 2.24) is 4.72 Å². The number of ketones is 1. The predicted molar refractivity (Wildman–Crippen MR) is 94.4 cm³/mol. The summed E-state index contributed by atoms with van der Waals surface area (Å²) in [7, 11) is -3.76. The minimum atomic E-state index is -3.76. The lowest BCUT2D eigenvalue weighted by molar-refractivity contribution is -0.143. The number of sulfonamides is 1. The molecule has 1 N–H and O–H groups in total. The van der Waals surface area contributed by atoms with E-state index in [9.17, 15) is 26.8 Å². The Balaban J connectivity index is 1.70. The third-order valence-corrected chi connectivity index (χ3v) is 5.30. The molecular formula is C18H14F2N2O5S. The molecule has 0 aliphatic carbocycles. The van der Waals surface area contributed by atoms with Crippen LogP contribution in [0.1, 0.15) is 22.8 Å². The first-order valence-electron chi connectivity index (χ1n) is 8.04. The number of fused-ring (bicyclic) bond motifs is 1. The summed E-state index contributed by atoms with van der Waals surface area (Å²) in [5.74, 6) is -3.61. The van der Waals surface area contributed by atoms with Crippen molar-refractivity contribution in [3.05, 3.63) is 65.2 Å². The van der Waals surface area contributed by atoms with E-state index in [4.69, 9.17) is 4.74 Å². The topological polar surface area (TPSA) is 102 Å². The number of halogens is 2. The molecule has 0 amide bonds. The van der Waals surface area contributed by atoms with Gasteiger partial charge in [0.25, 0.3) is 10.0 Å². The zero-order chi connectivity index (χ0) is 20.5. The molecule has 1 aliphatic heterocycles. The molecule has 0 aromatic heterocycles. The highest BCUT2D eigenvalue weighted by Crippen LogP contribution is 2.22. The monoisotopic (exact) mass is 408 g/mol. The first-order valence-corrected chi connectivity index (χ1v) is 9.52. The van der Waals surface area contributed by atoms with Crippen LogP contribution in [0.15, 0.2) is 52.4 Å². The number of nitrogens with one attached hydrogen (secondary N) is 1. The van der Waals surface area contributed by atoms with Crippen LogP contribution in [0.2, 0.25) is 0 Å². The van der Waals surface area contributed by atoms with Crippen LogP contribution in [0.25, 0.3) is 0 Å². The highest BCUT2D eigenvalue weighted by molar-refractivity contribution is 7.90. The molecule has 28 heavy (non-hydrogen) atoms. The summed E-state index contributed by atoms with van der Waals surface area (Å²) in [5.41, 5.74) is -0.232. The van der Waals surface area contributed by atoms with E-state index in [0.29, 0.717) is 11.6 Å². The fourth-order valence-corrected chi connectivity index (χ4v) is 3.76. The van der Waals surface area contributed by atoms with Crippen LogP contribution in [0.5, 0.6) is 0 Å². The lowest BCUT2D eigenvalue weighted by Crippen LogP contribution is -2.27. The van der Waals surface area contributed by atoms with Crippen molar-refractivity contribution in [2.24, 2.45) is 4.99 Å². The maximum absolute atomic E-state index is 13.6. The fourth-order valence-electron chi connectivity index (χ4n) is 2.52. The maximum atomic E-state index is 13.6. The number of esters is 1. The Labute approximate surface area is 159 Å². The highest BCUT2D eigenvalue weighted by Gasteiger charge is 2.31. The van der Waals surface area contributed by atoms with Crippen LogP contribution in [0.4, 0.5) is 8.78 Å². The van der Waals surface area contributed by atoms with Crippen molar-refractivity contribution < 1.29 is 31.5 Å². The molecule has 0 spiro atoms. The summed E-state index contributed by atoms with van der Waals surface area (Å²) in [4.78, 5) is 28.0. The summed E-state index contributed by atoms with van der Waals surface area (Å²) in [6.45, 7) is 0.536. The second-order valence-electron chi connectivity index (χ2n) is 5.91. The van der Waals surface area contributed by atoms with Gasteiger partial charge in [0.15, 0.2) is 6.61 Å². The molecule has 1 aliphatic rings. The summed E-state index contributed by atoms with van der Waals surface area (Å²) in [5, 5.41) is 0. The molecule has 0 unspecified atom stereocenters. The van der Waals surface area contributed by atoms with Crippen LogP contribution in [0.3, 0.4) is 0 Å². The molecule has 0 fully saturated rings. The summed E-state index contributed by atoms with van der Waals surface area (Å²) in [6, 6.07) is 7.31. The lowest BCUT2D eigenvalue weighted by Gasteiger charge is -2.09. The second-order valence-corrected chi connectivity index (χ2v) is 7.56. The number of amidine groups is 1. The Bertz CT molecular complexity index is 1100. The zero-order valence-electron chi connectivity index (χ0n) is 14.5. The summed E-state index contributed by atoms with van der Waals surface area (Å²) in [6.07, 6.45) is 0. The third-order valence-electron chi connectivity index (χ3n) is 3.90. The minimum Gasteiger partial charge on any atom is -0.456 e. The number of hydrogen-bond acceptors (Lipinski definition) is 6. The molecule has 0 radical (unpaired) electrons. The Morgan fingerprint density at radius 1 is 1.18 bits per heavy atom. The zero-order valence-corrected chi connectivity index (χ0v) is 15.3. The molecule has 1 heterocycles. The molecule has 1 atom stereocenters. The number of carbonyl (C=O) groups is 2. The Kier molecular flexibility index (Phi) is 5.23. The van der Waals surface area contributed by atoms with E-state index in [-0.39, 0.29) is 10.7 Å². The number of nitrogens with zero attached hydrogens (tertiary/aromatic N) is 1. The standard InChI is InChI=1S/C18H14F2N2O5S/c1-10(21-17-12-4-2-3-5-16(12)28(25,26)22-17)18(24)27-9-15(23)13-8-11(19)6-7-14(13)20/h2-8,10H,9H2,1H3,(H,21,22)/t10-/m1/s1. The van der Waals surface area contributed by atoms with E-state index >= 15 is 0 Å². The van der Waals surface area contributed by atoms with Crippen molar-refractivity contribution in [3.63, 3.8) is 0 Å². The SMILES string of the molecule is C[C@@H](N=C1NS(=O)(=O)c2ccccc21)C(=O)OCC(=O)c1cc(F)ccc1F. The lowest BCUT2D eigenvalue weighted by atomic mass is 10.1. The van der Waals surface area contributed by atoms with Crippen LogP contribution in [-0.4, -0.2) is 38.7 Å². The van der Waals surface area contributed by atoms with Crippen LogP contribution in [-0.2, 0) is 19.6 Å². The van der Waals surface area contributed by atoms with Gasteiger partial charge in [-0.1, -0.05) is 12.1 Å². The van der Waals surface area contributed by atoms with Crippen molar-refractivity contribution >= 4 is 27.6 Å². The predicted octanol–water partition coefficient (Wildman–Crippen LogP) is 1.82. The van der Waals surface area contributed by atoms with Crippen LogP contribution < -0.4 is 4.72 Å². The van der Waals surface area contributed by atoms with Gasteiger partial charge in [0.05, 0.1) is 10.5 Å². The Morgan fingerprint density at radius 2 is 1.89 bits per heavy atom. The average Bonchev–Trinajstić information content (AvgIpc) is 2.92. The quantitative estimate of drug-likeness (QED) is 0.601. The van der Waals surface area contributed by atoms with Crippen LogP contribution in [0, 0.1) is 11.6 Å². The molecule has 0 bridgehead atoms. The van der Waals surface area contributed by atoms with Crippen molar-refractivity contribution in [2.75, 3.05) is 6.61 Å². The third kappa shape index (κ3) is 3.91. The molecule has 3 rings (SSSR count). The Morgan fingerprint density at radius 3 is 2.64 bits per heavy atom.